The van der Waals surface area contributed by atoms with Crippen molar-refractivity contribution in [2.45, 2.75) is 49.4 Å². The number of hydrogen-bond acceptors (Lipinski definition) is 1. The molecule has 2 atom stereocenters. The van der Waals surface area contributed by atoms with Crippen LogP contribution in [0.15, 0.2) is 84.9 Å². The Hall–Kier alpha value is -3.07. The zero-order valence-corrected chi connectivity index (χ0v) is 18.4. The highest BCUT2D eigenvalue weighted by atomic mass is 16.2. The van der Waals surface area contributed by atoms with E-state index < -0.39 is 0 Å². The predicted octanol–water partition coefficient (Wildman–Crippen LogP) is 7.12. The minimum absolute atomic E-state index is 0.207. The van der Waals surface area contributed by atoms with E-state index in [2.05, 4.69) is 65.2 Å². The van der Waals surface area contributed by atoms with E-state index in [9.17, 15) is 4.79 Å². The zero-order chi connectivity index (χ0) is 21.6. The maximum absolute atomic E-state index is 12.4. The molecule has 0 aliphatic heterocycles. The van der Waals surface area contributed by atoms with Gasteiger partial charge < -0.3 is 10.6 Å². The second-order valence-electron chi connectivity index (χ2n) is 10.4. The summed E-state index contributed by atoms with van der Waals surface area (Å²) in [6.45, 7) is 0. The summed E-state index contributed by atoms with van der Waals surface area (Å²) in [5, 5.41) is 5.86. The van der Waals surface area contributed by atoms with Gasteiger partial charge in [0.25, 0.3) is 0 Å². The summed E-state index contributed by atoms with van der Waals surface area (Å²) in [6, 6.07) is 29.3. The number of para-hydroxylation sites is 1. The van der Waals surface area contributed by atoms with E-state index in [1.165, 1.54) is 44.1 Å². The molecular weight excluding hydrogens is 392 g/mol. The summed E-state index contributed by atoms with van der Waals surface area (Å²) >= 11 is 0. The molecule has 3 heteroatoms. The monoisotopic (exact) mass is 422 g/mol. The van der Waals surface area contributed by atoms with Gasteiger partial charge in [0.05, 0.1) is 0 Å². The molecule has 32 heavy (non-hydrogen) atoms. The number of urea groups is 1. The standard InChI is InChI=1S/C29H30N2O/c32-27(30-25-9-5-2-6-10-25)31-26-13-11-24(12-14-26)29-18-21-15-22(19-29)17-28(16-21,20-29)23-7-3-1-4-8-23/h1-14,21-22H,15-20H2,(H2,30,31,32). The normalized spacial score (nSPS) is 30.1. The van der Waals surface area contributed by atoms with Crippen molar-refractivity contribution in [3.63, 3.8) is 0 Å². The van der Waals surface area contributed by atoms with Crippen LogP contribution in [0.4, 0.5) is 16.2 Å². The SMILES string of the molecule is O=C(Nc1ccccc1)Nc1ccc(C23CC4CC(CC(c5ccccc5)(C4)C2)C3)cc1. The summed E-state index contributed by atoms with van der Waals surface area (Å²) in [5.74, 6) is 1.68. The van der Waals surface area contributed by atoms with Crippen LogP contribution >= 0.6 is 0 Å². The Morgan fingerprint density at radius 3 is 1.66 bits per heavy atom. The van der Waals surface area contributed by atoms with Gasteiger partial charge in [-0.3, -0.25) is 0 Å². The Bertz CT molecular complexity index is 1090. The summed E-state index contributed by atoms with van der Waals surface area (Å²) in [5.41, 5.74) is 5.27. The van der Waals surface area contributed by atoms with Gasteiger partial charge >= 0.3 is 6.03 Å². The predicted molar refractivity (Wildman–Crippen MR) is 130 cm³/mol. The number of hydrogen-bond donors (Lipinski definition) is 2. The van der Waals surface area contributed by atoms with Crippen LogP contribution in [0, 0.1) is 11.8 Å². The van der Waals surface area contributed by atoms with Gasteiger partial charge in [0, 0.05) is 11.4 Å². The first kappa shape index (κ1) is 19.6. The molecule has 3 nitrogen and oxygen atoms in total. The van der Waals surface area contributed by atoms with Crippen LogP contribution < -0.4 is 10.6 Å². The van der Waals surface area contributed by atoms with Gasteiger partial charge in [-0.1, -0.05) is 60.7 Å². The molecule has 7 rings (SSSR count). The fourth-order valence-electron chi connectivity index (χ4n) is 7.45. The third-order valence-corrected chi connectivity index (χ3v) is 8.23. The quantitative estimate of drug-likeness (QED) is 0.462. The molecule has 2 unspecified atom stereocenters. The number of benzene rings is 3. The smallest absolute Gasteiger partial charge is 0.308 e. The third-order valence-electron chi connectivity index (χ3n) is 8.23. The molecule has 2 amide bonds. The lowest BCUT2D eigenvalue weighted by molar-refractivity contribution is -0.0281. The second-order valence-corrected chi connectivity index (χ2v) is 10.4. The number of carbonyl (C=O) groups excluding carboxylic acids is 1. The number of amides is 2. The lowest BCUT2D eigenvalue weighted by Crippen LogP contribution is -2.55. The van der Waals surface area contributed by atoms with E-state index in [1.54, 1.807) is 5.56 Å². The van der Waals surface area contributed by atoms with Crippen LogP contribution in [0.1, 0.15) is 49.7 Å². The highest BCUT2D eigenvalue weighted by Gasteiger charge is 2.58. The average Bonchev–Trinajstić information content (AvgIpc) is 2.80. The largest absolute Gasteiger partial charge is 0.323 e. The summed E-state index contributed by atoms with van der Waals surface area (Å²) in [6.07, 6.45) is 8.02. The Morgan fingerprint density at radius 2 is 1.09 bits per heavy atom. The van der Waals surface area contributed by atoms with Crippen molar-refractivity contribution in [2.75, 3.05) is 10.6 Å². The highest BCUT2D eigenvalue weighted by molar-refractivity contribution is 5.99. The molecule has 4 aliphatic rings. The Balaban J connectivity index is 1.23. The molecule has 4 fully saturated rings. The molecule has 4 aliphatic carbocycles. The van der Waals surface area contributed by atoms with E-state index in [-0.39, 0.29) is 11.4 Å². The zero-order valence-electron chi connectivity index (χ0n) is 18.4. The molecule has 0 heterocycles. The first-order valence-electron chi connectivity index (χ1n) is 11.9. The van der Waals surface area contributed by atoms with E-state index >= 15 is 0 Å². The Morgan fingerprint density at radius 1 is 0.625 bits per heavy atom. The summed E-state index contributed by atoms with van der Waals surface area (Å²) < 4.78 is 0. The van der Waals surface area contributed by atoms with Crippen LogP contribution in [0.25, 0.3) is 0 Å². The van der Waals surface area contributed by atoms with Crippen molar-refractivity contribution in [3.05, 3.63) is 96.1 Å². The fourth-order valence-corrected chi connectivity index (χ4v) is 7.45. The van der Waals surface area contributed by atoms with Crippen LogP contribution in [-0.2, 0) is 10.8 Å². The summed E-state index contributed by atoms with van der Waals surface area (Å²) in [4.78, 5) is 12.4. The minimum atomic E-state index is -0.207. The van der Waals surface area contributed by atoms with Gasteiger partial charge in [-0.05, 0) is 96.6 Å². The first-order chi connectivity index (χ1) is 15.6. The maximum Gasteiger partial charge on any atom is 0.323 e. The molecule has 0 saturated heterocycles. The van der Waals surface area contributed by atoms with Crippen LogP contribution in [0.2, 0.25) is 0 Å². The van der Waals surface area contributed by atoms with E-state index in [0.717, 1.165) is 23.2 Å². The van der Waals surface area contributed by atoms with Gasteiger partial charge in [0.2, 0.25) is 0 Å². The van der Waals surface area contributed by atoms with E-state index in [4.69, 9.17) is 0 Å². The molecule has 4 saturated carbocycles. The third kappa shape index (κ3) is 3.40. The maximum atomic E-state index is 12.4. The van der Waals surface area contributed by atoms with E-state index in [0.29, 0.717) is 5.41 Å². The van der Waals surface area contributed by atoms with Crippen molar-refractivity contribution < 1.29 is 4.79 Å². The lowest BCUT2D eigenvalue weighted by Gasteiger charge is -2.62. The van der Waals surface area contributed by atoms with Crippen molar-refractivity contribution in [2.24, 2.45) is 11.8 Å². The van der Waals surface area contributed by atoms with Gasteiger partial charge in [-0.25, -0.2) is 4.79 Å². The molecular formula is C29H30N2O. The number of rotatable bonds is 4. The van der Waals surface area contributed by atoms with Crippen molar-refractivity contribution in [1.82, 2.24) is 0 Å². The van der Waals surface area contributed by atoms with Gasteiger partial charge in [-0.2, -0.15) is 0 Å². The van der Waals surface area contributed by atoms with Crippen LogP contribution in [-0.4, -0.2) is 6.03 Å². The number of nitrogens with one attached hydrogen (secondary N) is 2. The van der Waals surface area contributed by atoms with Gasteiger partial charge in [0.15, 0.2) is 0 Å². The molecule has 162 valence electrons. The molecule has 3 aromatic rings. The Kier molecular flexibility index (Phi) is 4.60. The van der Waals surface area contributed by atoms with Gasteiger partial charge in [-0.15, -0.1) is 0 Å². The van der Waals surface area contributed by atoms with Crippen molar-refractivity contribution >= 4 is 17.4 Å². The second kappa shape index (κ2) is 7.51. The number of anilines is 2. The average molecular weight is 423 g/mol. The lowest BCUT2D eigenvalue weighted by atomic mass is 9.42. The van der Waals surface area contributed by atoms with Gasteiger partial charge in [0.1, 0.15) is 0 Å². The highest BCUT2D eigenvalue weighted by Crippen LogP contribution is 2.66. The molecule has 0 spiro atoms. The topological polar surface area (TPSA) is 41.1 Å². The number of carbonyl (C=O) groups is 1. The van der Waals surface area contributed by atoms with Crippen LogP contribution in [0.3, 0.4) is 0 Å². The molecule has 4 bridgehead atoms. The van der Waals surface area contributed by atoms with E-state index in [1.807, 2.05) is 30.3 Å². The molecule has 2 N–H and O–H groups in total. The molecule has 0 aromatic heterocycles. The fraction of sp³-hybridized carbons (Fsp3) is 0.345. The Labute approximate surface area is 190 Å². The van der Waals surface area contributed by atoms with Crippen molar-refractivity contribution in [1.29, 1.82) is 0 Å². The van der Waals surface area contributed by atoms with Crippen molar-refractivity contribution in [3.8, 4) is 0 Å². The minimum Gasteiger partial charge on any atom is -0.308 e. The molecule has 3 aromatic carbocycles. The first-order valence-corrected chi connectivity index (χ1v) is 11.9. The summed E-state index contributed by atoms with van der Waals surface area (Å²) in [7, 11) is 0. The van der Waals surface area contributed by atoms with Crippen LogP contribution in [0.5, 0.6) is 0 Å². The molecule has 0 radical (unpaired) electrons.